The van der Waals surface area contributed by atoms with Crippen LogP contribution < -0.4 is 0 Å². The van der Waals surface area contributed by atoms with Crippen molar-refractivity contribution in [2.24, 2.45) is 0 Å². The van der Waals surface area contributed by atoms with E-state index in [4.69, 9.17) is 9.47 Å². The van der Waals surface area contributed by atoms with Gasteiger partial charge in [0.2, 0.25) is 0 Å². The molecule has 0 aromatic heterocycles. The number of methoxy groups -OCH3 is 1. The number of hydrogen-bond acceptors (Lipinski definition) is 4. The fraction of sp³-hybridized carbons (Fsp3) is 0.400. The van der Waals surface area contributed by atoms with Gasteiger partial charge in [-0.1, -0.05) is 36.4 Å². The van der Waals surface area contributed by atoms with E-state index in [1.807, 2.05) is 36.4 Å². The van der Waals surface area contributed by atoms with Gasteiger partial charge in [0.15, 0.2) is 6.10 Å². The molecular formula is C15H18O4. The fourth-order valence-corrected chi connectivity index (χ4v) is 1.90. The number of carbonyl (C=O) groups is 1. The molecule has 1 heterocycles. The zero-order chi connectivity index (χ0) is 13.5. The Balaban J connectivity index is 1.75. The first-order valence-corrected chi connectivity index (χ1v) is 6.31. The minimum absolute atomic E-state index is 0.0992. The highest BCUT2D eigenvalue weighted by Crippen LogP contribution is 2.14. The van der Waals surface area contributed by atoms with E-state index in [2.05, 4.69) is 4.74 Å². The van der Waals surface area contributed by atoms with Gasteiger partial charge >= 0.3 is 5.97 Å². The lowest BCUT2D eigenvalue weighted by molar-refractivity contribution is -0.157. The van der Waals surface area contributed by atoms with Gasteiger partial charge in [-0.05, 0) is 18.1 Å². The summed E-state index contributed by atoms with van der Waals surface area (Å²) in [6.07, 6.45) is 3.70. The van der Waals surface area contributed by atoms with E-state index in [-0.39, 0.29) is 12.1 Å². The van der Waals surface area contributed by atoms with Crippen LogP contribution in [0.3, 0.4) is 0 Å². The Morgan fingerprint density at radius 1 is 1.37 bits per heavy atom. The summed E-state index contributed by atoms with van der Waals surface area (Å²) in [5.41, 5.74) is 1.12. The third-order valence-electron chi connectivity index (χ3n) is 2.90. The highest BCUT2D eigenvalue weighted by molar-refractivity contribution is 5.76. The van der Waals surface area contributed by atoms with Crippen molar-refractivity contribution in [2.75, 3.05) is 13.7 Å². The lowest BCUT2D eigenvalue weighted by Gasteiger charge is -2.24. The van der Waals surface area contributed by atoms with Gasteiger partial charge in [0, 0.05) is 0 Å². The van der Waals surface area contributed by atoms with E-state index in [0.29, 0.717) is 13.2 Å². The molecule has 2 atom stereocenters. The summed E-state index contributed by atoms with van der Waals surface area (Å²) in [5.74, 6) is -0.371. The molecular weight excluding hydrogens is 244 g/mol. The van der Waals surface area contributed by atoms with Crippen LogP contribution in [0.4, 0.5) is 0 Å². The van der Waals surface area contributed by atoms with Gasteiger partial charge < -0.3 is 14.2 Å². The number of benzene rings is 1. The molecule has 0 aliphatic carbocycles. The molecule has 4 nitrogen and oxygen atoms in total. The first-order chi connectivity index (χ1) is 9.29. The summed E-state index contributed by atoms with van der Waals surface area (Å²) in [6, 6.07) is 9.95. The zero-order valence-electron chi connectivity index (χ0n) is 11.0. The lowest BCUT2D eigenvalue weighted by atomic mass is 10.1. The summed E-state index contributed by atoms with van der Waals surface area (Å²) in [5, 5.41) is 0. The smallest absolute Gasteiger partial charge is 0.339 e. The van der Waals surface area contributed by atoms with Crippen molar-refractivity contribution in [2.45, 2.75) is 25.2 Å². The van der Waals surface area contributed by atoms with Crippen LogP contribution in [0.15, 0.2) is 42.5 Å². The van der Waals surface area contributed by atoms with Crippen molar-refractivity contribution in [3.8, 4) is 0 Å². The second kappa shape index (κ2) is 7.07. The van der Waals surface area contributed by atoms with Crippen molar-refractivity contribution < 1.29 is 19.0 Å². The van der Waals surface area contributed by atoms with Gasteiger partial charge in [0.05, 0.1) is 26.4 Å². The van der Waals surface area contributed by atoms with Gasteiger partial charge in [-0.3, -0.25) is 0 Å². The standard InChI is InChI=1S/C15H18O4/c1-17-15(16)14-9-5-8-13(19-14)11-18-10-12-6-3-2-4-7-12/h2-7,9,13-14H,8,10-11H2,1H3/t13-,14-/m1/s1. The molecule has 1 aliphatic rings. The van der Waals surface area contributed by atoms with Crippen molar-refractivity contribution in [3.63, 3.8) is 0 Å². The van der Waals surface area contributed by atoms with Crippen LogP contribution in [-0.4, -0.2) is 31.9 Å². The Morgan fingerprint density at radius 2 is 2.16 bits per heavy atom. The monoisotopic (exact) mass is 262 g/mol. The van der Waals surface area contributed by atoms with E-state index >= 15 is 0 Å². The number of carbonyl (C=O) groups excluding carboxylic acids is 1. The van der Waals surface area contributed by atoms with Crippen LogP contribution >= 0.6 is 0 Å². The van der Waals surface area contributed by atoms with Gasteiger partial charge in [-0.15, -0.1) is 0 Å². The quantitative estimate of drug-likeness (QED) is 0.602. The summed E-state index contributed by atoms with van der Waals surface area (Å²) in [7, 11) is 1.36. The van der Waals surface area contributed by atoms with Crippen molar-refractivity contribution >= 4 is 5.97 Å². The molecule has 0 bridgehead atoms. The Labute approximate surface area is 113 Å². The molecule has 0 saturated heterocycles. The zero-order valence-corrected chi connectivity index (χ0v) is 11.0. The average molecular weight is 262 g/mol. The number of rotatable bonds is 5. The van der Waals surface area contributed by atoms with Crippen LogP contribution in [0, 0.1) is 0 Å². The summed E-state index contributed by atoms with van der Waals surface area (Å²) in [4.78, 5) is 11.4. The first kappa shape index (κ1) is 13.8. The molecule has 19 heavy (non-hydrogen) atoms. The third kappa shape index (κ3) is 4.19. The SMILES string of the molecule is COC(=O)[C@H]1C=CC[C@H](COCc2ccccc2)O1. The van der Waals surface area contributed by atoms with Crippen LogP contribution in [0.2, 0.25) is 0 Å². The molecule has 102 valence electrons. The van der Waals surface area contributed by atoms with Crippen molar-refractivity contribution in [3.05, 3.63) is 48.0 Å². The van der Waals surface area contributed by atoms with Gasteiger partial charge in [-0.25, -0.2) is 4.79 Å². The summed E-state index contributed by atoms with van der Waals surface area (Å²) < 4.78 is 15.9. The largest absolute Gasteiger partial charge is 0.467 e. The molecule has 1 aromatic carbocycles. The average Bonchev–Trinajstić information content (AvgIpc) is 2.48. The molecule has 0 unspecified atom stereocenters. The maximum Gasteiger partial charge on any atom is 0.339 e. The normalized spacial score (nSPS) is 22.2. The highest BCUT2D eigenvalue weighted by atomic mass is 16.6. The molecule has 0 spiro atoms. The summed E-state index contributed by atoms with van der Waals surface area (Å²) >= 11 is 0. The molecule has 4 heteroatoms. The molecule has 0 saturated carbocycles. The molecule has 1 aliphatic heterocycles. The van der Waals surface area contributed by atoms with Crippen molar-refractivity contribution in [1.82, 2.24) is 0 Å². The Hall–Kier alpha value is -1.65. The molecule has 0 radical (unpaired) electrons. The van der Waals surface area contributed by atoms with Gasteiger partial charge in [0.1, 0.15) is 0 Å². The molecule has 0 fully saturated rings. The first-order valence-electron chi connectivity index (χ1n) is 6.31. The van der Waals surface area contributed by atoms with Crippen LogP contribution in [0.5, 0.6) is 0 Å². The molecule has 2 rings (SSSR count). The van der Waals surface area contributed by atoms with E-state index in [1.54, 1.807) is 6.08 Å². The Morgan fingerprint density at radius 3 is 2.89 bits per heavy atom. The van der Waals surface area contributed by atoms with Crippen LogP contribution in [0.1, 0.15) is 12.0 Å². The predicted octanol–water partition coefficient (Wildman–Crippen LogP) is 2.09. The van der Waals surface area contributed by atoms with Crippen LogP contribution in [0.25, 0.3) is 0 Å². The number of esters is 1. The van der Waals surface area contributed by atoms with Gasteiger partial charge in [0.25, 0.3) is 0 Å². The number of hydrogen-bond donors (Lipinski definition) is 0. The Bertz CT molecular complexity index is 427. The minimum Gasteiger partial charge on any atom is -0.467 e. The fourth-order valence-electron chi connectivity index (χ4n) is 1.90. The maximum atomic E-state index is 11.4. The van der Waals surface area contributed by atoms with E-state index in [1.165, 1.54) is 7.11 Å². The van der Waals surface area contributed by atoms with E-state index in [0.717, 1.165) is 12.0 Å². The van der Waals surface area contributed by atoms with E-state index in [9.17, 15) is 4.79 Å². The van der Waals surface area contributed by atoms with E-state index < -0.39 is 6.10 Å². The highest BCUT2D eigenvalue weighted by Gasteiger charge is 2.24. The summed E-state index contributed by atoms with van der Waals surface area (Å²) in [6.45, 7) is 1.01. The molecule has 0 N–H and O–H groups in total. The second-order valence-electron chi connectivity index (χ2n) is 4.37. The lowest BCUT2D eigenvalue weighted by Crippen LogP contribution is -2.33. The van der Waals surface area contributed by atoms with Crippen molar-refractivity contribution in [1.29, 1.82) is 0 Å². The second-order valence-corrected chi connectivity index (χ2v) is 4.37. The maximum absolute atomic E-state index is 11.4. The van der Waals surface area contributed by atoms with Crippen LogP contribution in [-0.2, 0) is 25.6 Å². The minimum atomic E-state index is -0.607. The van der Waals surface area contributed by atoms with Gasteiger partial charge in [-0.2, -0.15) is 0 Å². The molecule has 1 aromatic rings. The number of ether oxygens (including phenoxy) is 3. The third-order valence-corrected chi connectivity index (χ3v) is 2.90. The predicted molar refractivity (Wildman–Crippen MR) is 70.5 cm³/mol. The topological polar surface area (TPSA) is 44.8 Å². The Kier molecular flexibility index (Phi) is 5.12. The molecule has 0 amide bonds.